The molecule has 0 unspecified atom stereocenters. The van der Waals surface area contributed by atoms with Crippen LogP contribution in [-0.4, -0.2) is 29.2 Å². The first-order chi connectivity index (χ1) is 12.3. The zero-order valence-corrected chi connectivity index (χ0v) is 14.8. The van der Waals surface area contributed by atoms with Crippen molar-refractivity contribution in [3.05, 3.63) is 35.5 Å². The Morgan fingerprint density at radius 2 is 1.88 bits per heavy atom. The van der Waals surface area contributed by atoms with Crippen molar-refractivity contribution in [2.45, 2.75) is 51.6 Å². The number of halogens is 4. The van der Waals surface area contributed by atoms with Crippen molar-refractivity contribution in [3.63, 3.8) is 0 Å². The first-order valence-electron chi connectivity index (χ1n) is 9.02. The van der Waals surface area contributed by atoms with Crippen LogP contribution in [-0.2, 0) is 12.8 Å². The minimum atomic E-state index is -4.45. The molecule has 0 amide bonds. The SMILES string of the molecule is CCC1(CCc2ncnc3ccc(CC(F)(F)F)c(F)c23)CCNCC1. The lowest BCUT2D eigenvalue weighted by Crippen LogP contribution is -2.36. The van der Waals surface area contributed by atoms with E-state index in [0.717, 1.165) is 38.8 Å². The number of nitrogens with zero attached hydrogens (tertiary/aromatic N) is 2. The van der Waals surface area contributed by atoms with Crippen LogP contribution in [0.3, 0.4) is 0 Å². The van der Waals surface area contributed by atoms with Gasteiger partial charge >= 0.3 is 6.18 Å². The number of aryl methyl sites for hydroxylation is 1. The number of aromatic nitrogens is 2. The van der Waals surface area contributed by atoms with Crippen molar-refractivity contribution < 1.29 is 17.6 Å². The third-order valence-corrected chi connectivity index (χ3v) is 5.60. The molecule has 142 valence electrons. The van der Waals surface area contributed by atoms with E-state index in [-0.39, 0.29) is 16.4 Å². The Morgan fingerprint density at radius 3 is 2.54 bits per heavy atom. The molecule has 1 aromatic heterocycles. The normalized spacial score (nSPS) is 17.6. The Balaban J connectivity index is 1.91. The zero-order chi connectivity index (χ0) is 18.8. The molecule has 2 heterocycles. The molecule has 1 N–H and O–H groups in total. The number of nitrogens with one attached hydrogen (secondary N) is 1. The molecule has 1 aliphatic rings. The number of benzene rings is 1. The molecule has 0 saturated carbocycles. The Kier molecular flexibility index (Phi) is 5.46. The number of rotatable bonds is 5. The van der Waals surface area contributed by atoms with Crippen molar-refractivity contribution in [1.82, 2.24) is 15.3 Å². The van der Waals surface area contributed by atoms with E-state index >= 15 is 0 Å². The molecule has 1 aromatic carbocycles. The fourth-order valence-electron chi connectivity index (χ4n) is 3.88. The largest absolute Gasteiger partial charge is 0.393 e. The molecule has 3 nitrogen and oxygen atoms in total. The summed E-state index contributed by atoms with van der Waals surface area (Å²) in [7, 11) is 0. The molecule has 7 heteroatoms. The van der Waals surface area contributed by atoms with Crippen molar-refractivity contribution in [2.24, 2.45) is 5.41 Å². The summed E-state index contributed by atoms with van der Waals surface area (Å²) in [5, 5.41) is 3.48. The Morgan fingerprint density at radius 1 is 1.15 bits per heavy atom. The lowest BCUT2D eigenvalue weighted by molar-refractivity contribution is -0.127. The van der Waals surface area contributed by atoms with Gasteiger partial charge in [0.1, 0.15) is 12.1 Å². The van der Waals surface area contributed by atoms with Crippen molar-refractivity contribution in [2.75, 3.05) is 13.1 Å². The first kappa shape index (κ1) is 19.0. The van der Waals surface area contributed by atoms with Crippen LogP contribution in [0.2, 0.25) is 0 Å². The number of piperidine rings is 1. The van der Waals surface area contributed by atoms with E-state index in [0.29, 0.717) is 17.6 Å². The molecule has 0 aliphatic carbocycles. The minimum Gasteiger partial charge on any atom is -0.317 e. The highest BCUT2D eigenvalue weighted by molar-refractivity contribution is 5.82. The summed E-state index contributed by atoms with van der Waals surface area (Å²) in [6, 6.07) is 2.62. The summed E-state index contributed by atoms with van der Waals surface area (Å²) in [5.74, 6) is -0.841. The lowest BCUT2D eigenvalue weighted by Gasteiger charge is -2.37. The van der Waals surface area contributed by atoms with Gasteiger partial charge in [-0.05, 0) is 55.8 Å². The standard InChI is InChI=1S/C19H23F4N3/c1-2-18(7-9-24-10-8-18)6-5-15-16-14(25-12-26-15)4-3-13(17(16)20)11-19(21,22)23/h3-4,12,24H,2,5-11H2,1H3. The van der Waals surface area contributed by atoms with Gasteiger partial charge in [-0.3, -0.25) is 0 Å². The van der Waals surface area contributed by atoms with Gasteiger partial charge in [0.05, 0.1) is 23.0 Å². The Labute approximate surface area is 150 Å². The van der Waals surface area contributed by atoms with E-state index in [1.54, 1.807) is 0 Å². The summed E-state index contributed by atoms with van der Waals surface area (Å²) in [6.45, 7) is 4.08. The van der Waals surface area contributed by atoms with Gasteiger partial charge in [-0.1, -0.05) is 19.4 Å². The number of hydrogen-bond donors (Lipinski definition) is 1. The minimum absolute atomic E-state index is 0.134. The second-order valence-electron chi connectivity index (χ2n) is 7.15. The monoisotopic (exact) mass is 369 g/mol. The van der Waals surface area contributed by atoms with Gasteiger partial charge in [-0.2, -0.15) is 13.2 Å². The van der Waals surface area contributed by atoms with Crippen LogP contribution in [0.15, 0.2) is 18.5 Å². The molecule has 1 saturated heterocycles. The Bertz CT molecular complexity index is 767. The van der Waals surface area contributed by atoms with Gasteiger partial charge in [-0.15, -0.1) is 0 Å². The Hall–Kier alpha value is -1.76. The van der Waals surface area contributed by atoms with Crippen molar-refractivity contribution in [3.8, 4) is 0 Å². The maximum Gasteiger partial charge on any atom is 0.393 e. The maximum atomic E-state index is 14.8. The maximum absolute atomic E-state index is 14.8. The molecule has 3 rings (SSSR count). The molecule has 1 fully saturated rings. The van der Waals surface area contributed by atoms with Crippen LogP contribution < -0.4 is 5.32 Å². The van der Waals surface area contributed by atoms with Crippen LogP contribution in [0, 0.1) is 11.2 Å². The molecular formula is C19H23F4N3. The molecule has 0 spiro atoms. The number of fused-ring (bicyclic) bond motifs is 1. The van der Waals surface area contributed by atoms with Gasteiger partial charge in [-0.25, -0.2) is 14.4 Å². The fraction of sp³-hybridized carbons (Fsp3) is 0.579. The summed E-state index contributed by atoms with van der Waals surface area (Å²) in [6.07, 6.45) is 0.141. The van der Waals surface area contributed by atoms with E-state index in [4.69, 9.17) is 0 Å². The second kappa shape index (κ2) is 7.47. The average molecular weight is 369 g/mol. The average Bonchev–Trinajstić information content (AvgIpc) is 2.62. The lowest BCUT2D eigenvalue weighted by atomic mass is 9.73. The van der Waals surface area contributed by atoms with Gasteiger partial charge in [0, 0.05) is 0 Å². The smallest absolute Gasteiger partial charge is 0.317 e. The highest BCUT2D eigenvalue weighted by Crippen LogP contribution is 2.38. The van der Waals surface area contributed by atoms with Gasteiger partial charge < -0.3 is 5.32 Å². The van der Waals surface area contributed by atoms with E-state index in [1.165, 1.54) is 18.5 Å². The molecule has 26 heavy (non-hydrogen) atoms. The molecule has 0 bridgehead atoms. The highest BCUT2D eigenvalue weighted by atomic mass is 19.4. The topological polar surface area (TPSA) is 37.8 Å². The predicted octanol–water partition coefficient (Wildman–Crippen LogP) is 4.59. The quantitative estimate of drug-likeness (QED) is 0.784. The van der Waals surface area contributed by atoms with Crippen molar-refractivity contribution >= 4 is 10.9 Å². The molecule has 1 aliphatic heterocycles. The van der Waals surface area contributed by atoms with Gasteiger partial charge in [0.25, 0.3) is 0 Å². The summed E-state index contributed by atoms with van der Waals surface area (Å²) < 4.78 is 52.9. The zero-order valence-electron chi connectivity index (χ0n) is 14.8. The van der Waals surface area contributed by atoms with Crippen LogP contribution >= 0.6 is 0 Å². The van der Waals surface area contributed by atoms with Crippen LogP contribution in [0.1, 0.15) is 43.9 Å². The molecule has 0 atom stereocenters. The number of alkyl halides is 3. The van der Waals surface area contributed by atoms with Crippen LogP contribution in [0.25, 0.3) is 10.9 Å². The third kappa shape index (κ3) is 4.14. The van der Waals surface area contributed by atoms with Crippen LogP contribution in [0.4, 0.5) is 17.6 Å². The second-order valence-corrected chi connectivity index (χ2v) is 7.15. The number of hydrogen-bond acceptors (Lipinski definition) is 3. The summed E-state index contributed by atoms with van der Waals surface area (Å²) in [5.41, 5.74) is 0.688. The van der Waals surface area contributed by atoms with Crippen molar-refractivity contribution in [1.29, 1.82) is 0 Å². The van der Waals surface area contributed by atoms with Gasteiger partial charge in [0.15, 0.2) is 0 Å². The fourth-order valence-corrected chi connectivity index (χ4v) is 3.88. The summed E-state index contributed by atoms with van der Waals surface area (Å²) in [4.78, 5) is 8.24. The van der Waals surface area contributed by atoms with E-state index in [1.807, 2.05) is 0 Å². The van der Waals surface area contributed by atoms with Crippen LogP contribution in [0.5, 0.6) is 0 Å². The molecule has 0 radical (unpaired) electrons. The van der Waals surface area contributed by atoms with E-state index in [2.05, 4.69) is 22.2 Å². The molecular weight excluding hydrogens is 346 g/mol. The highest BCUT2D eigenvalue weighted by Gasteiger charge is 2.32. The van der Waals surface area contributed by atoms with E-state index < -0.39 is 18.4 Å². The van der Waals surface area contributed by atoms with Gasteiger partial charge in [0.2, 0.25) is 0 Å². The molecule has 2 aromatic rings. The third-order valence-electron chi connectivity index (χ3n) is 5.60. The predicted molar refractivity (Wildman–Crippen MR) is 92.4 cm³/mol. The van der Waals surface area contributed by atoms with E-state index in [9.17, 15) is 17.6 Å². The summed E-state index contributed by atoms with van der Waals surface area (Å²) >= 11 is 0. The first-order valence-corrected chi connectivity index (χ1v) is 9.02.